The standard InChI is InChI=1S/C19H18N2O4/c1-24-15-8-6-13(7-9-15)11-20-18(22)12-25-19(23)17-10-14-4-2-3-5-16(14)21-17/h2-10,21H,11-12H2,1H3,(H,20,22). The number of aromatic nitrogens is 1. The number of amides is 1. The van der Waals surface area contributed by atoms with Gasteiger partial charge in [-0.1, -0.05) is 30.3 Å². The van der Waals surface area contributed by atoms with E-state index in [0.29, 0.717) is 12.2 Å². The highest BCUT2D eigenvalue weighted by Crippen LogP contribution is 2.15. The number of hydrogen-bond acceptors (Lipinski definition) is 4. The molecule has 0 bridgehead atoms. The van der Waals surface area contributed by atoms with Crippen LogP contribution < -0.4 is 10.1 Å². The van der Waals surface area contributed by atoms with Crippen LogP contribution in [0.5, 0.6) is 5.75 Å². The van der Waals surface area contributed by atoms with Crippen molar-refractivity contribution in [2.24, 2.45) is 0 Å². The second-order valence-electron chi connectivity index (χ2n) is 5.47. The zero-order chi connectivity index (χ0) is 17.6. The molecule has 3 rings (SSSR count). The molecule has 2 N–H and O–H groups in total. The van der Waals surface area contributed by atoms with Gasteiger partial charge in [0, 0.05) is 17.4 Å². The van der Waals surface area contributed by atoms with Gasteiger partial charge in [0.15, 0.2) is 6.61 Å². The second kappa shape index (κ2) is 7.53. The molecule has 0 unspecified atom stereocenters. The van der Waals surface area contributed by atoms with Crippen molar-refractivity contribution in [3.8, 4) is 5.75 Å². The normalized spacial score (nSPS) is 10.4. The highest BCUT2D eigenvalue weighted by molar-refractivity contribution is 5.95. The number of esters is 1. The minimum absolute atomic E-state index is 0.323. The first-order valence-electron chi connectivity index (χ1n) is 7.80. The van der Waals surface area contributed by atoms with Gasteiger partial charge in [0.25, 0.3) is 5.91 Å². The zero-order valence-corrected chi connectivity index (χ0v) is 13.7. The minimum atomic E-state index is -0.559. The molecule has 3 aromatic rings. The van der Waals surface area contributed by atoms with Gasteiger partial charge in [-0.3, -0.25) is 4.79 Å². The summed E-state index contributed by atoms with van der Waals surface area (Å²) in [5.74, 6) is -0.168. The molecule has 25 heavy (non-hydrogen) atoms. The Bertz CT molecular complexity index is 851. The maximum atomic E-state index is 12.0. The van der Waals surface area contributed by atoms with Gasteiger partial charge in [0.05, 0.1) is 7.11 Å². The molecular weight excluding hydrogens is 320 g/mol. The van der Waals surface area contributed by atoms with E-state index in [0.717, 1.165) is 22.2 Å². The number of fused-ring (bicyclic) bond motifs is 1. The molecule has 2 aromatic carbocycles. The van der Waals surface area contributed by atoms with Gasteiger partial charge in [0.1, 0.15) is 11.4 Å². The number of H-pyrrole nitrogens is 1. The Morgan fingerprint density at radius 3 is 2.56 bits per heavy atom. The molecule has 6 nitrogen and oxygen atoms in total. The molecule has 0 aliphatic rings. The zero-order valence-electron chi connectivity index (χ0n) is 13.7. The summed E-state index contributed by atoms with van der Waals surface area (Å²) in [5, 5.41) is 3.62. The van der Waals surface area contributed by atoms with Crippen LogP contribution in [0.15, 0.2) is 54.6 Å². The number of methoxy groups -OCH3 is 1. The van der Waals surface area contributed by atoms with Crippen LogP contribution in [0.3, 0.4) is 0 Å². The number of benzene rings is 2. The molecule has 128 valence electrons. The van der Waals surface area contributed by atoms with Gasteiger partial charge < -0.3 is 19.8 Å². The summed E-state index contributed by atoms with van der Waals surface area (Å²) in [7, 11) is 1.60. The molecular formula is C19H18N2O4. The highest BCUT2D eigenvalue weighted by atomic mass is 16.5. The Labute approximate surface area is 144 Å². The van der Waals surface area contributed by atoms with Crippen molar-refractivity contribution in [2.75, 3.05) is 13.7 Å². The van der Waals surface area contributed by atoms with Gasteiger partial charge in [0.2, 0.25) is 0 Å². The van der Waals surface area contributed by atoms with E-state index in [1.54, 1.807) is 13.2 Å². The van der Waals surface area contributed by atoms with Crippen molar-refractivity contribution in [1.29, 1.82) is 0 Å². The first-order valence-corrected chi connectivity index (χ1v) is 7.80. The van der Waals surface area contributed by atoms with Crippen LogP contribution in [0.25, 0.3) is 10.9 Å². The summed E-state index contributed by atoms with van der Waals surface area (Å²) in [6.07, 6.45) is 0. The monoisotopic (exact) mass is 338 g/mol. The van der Waals surface area contributed by atoms with Gasteiger partial charge >= 0.3 is 5.97 Å². The molecule has 0 spiro atoms. The van der Waals surface area contributed by atoms with E-state index in [1.807, 2.05) is 48.5 Å². The third kappa shape index (κ3) is 4.17. The smallest absolute Gasteiger partial charge is 0.355 e. The summed E-state index contributed by atoms with van der Waals surface area (Å²) in [5.41, 5.74) is 2.10. The van der Waals surface area contributed by atoms with Crippen molar-refractivity contribution < 1.29 is 19.1 Å². The molecule has 1 amide bonds. The molecule has 0 atom stereocenters. The number of nitrogens with one attached hydrogen (secondary N) is 2. The van der Waals surface area contributed by atoms with E-state index in [4.69, 9.17) is 9.47 Å². The van der Waals surface area contributed by atoms with Crippen LogP contribution in [-0.4, -0.2) is 30.6 Å². The van der Waals surface area contributed by atoms with Crippen molar-refractivity contribution in [3.05, 3.63) is 65.9 Å². The number of aromatic amines is 1. The fourth-order valence-electron chi connectivity index (χ4n) is 2.39. The number of rotatable bonds is 6. The van der Waals surface area contributed by atoms with Crippen molar-refractivity contribution in [3.63, 3.8) is 0 Å². The summed E-state index contributed by atoms with van der Waals surface area (Å²) in [4.78, 5) is 26.8. The van der Waals surface area contributed by atoms with Crippen molar-refractivity contribution in [2.45, 2.75) is 6.54 Å². The number of carbonyl (C=O) groups is 2. The molecule has 1 aromatic heterocycles. The Balaban J connectivity index is 1.48. The quantitative estimate of drug-likeness (QED) is 0.677. The lowest BCUT2D eigenvalue weighted by molar-refractivity contribution is -0.124. The Morgan fingerprint density at radius 2 is 1.84 bits per heavy atom. The lowest BCUT2D eigenvalue weighted by Gasteiger charge is -2.07. The topological polar surface area (TPSA) is 80.4 Å². The summed E-state index contributed by atoms with van der Waals surface area (Å²) >= 11 is 0. The van der Waals surface area contributed by atoms with Crippen LogP contribution in [-0.2, 0) is 16.1 Å². The van der Waals surface area contributed by atoms with Crippen LogP contribution >= 0.6 is 0 Å². The predicted molar refractivity (Wildman–Crippen MR) is 93.4 cm³/mol. The fraction of sp³-hybridized carbons (Fsp3) is 0.158. The van der Waals surface area contributed by atoms with E-state index in [1.165, 1.54) is 0 Å². The largest absolute Gasteiger partial charge is 0.497 e. The predicted octanol–water partition coefficient (Wildman–Crippen LogP) is 2.65. The van der Waals surface area contributed by atoms with Crippen molar-refractivity contribution >= 4 is 22.8 Å². The maximum Gasteiger partial charge on any atom is 0.355 e. The molecule has 0 fully saturated rings. The first kappa shape index (κ1) is 16.6. The number of hydrogen-bond donors (Lipinski definition) is 2. The van der Waals surface area contributed by atoms with Gasteiger partial charge in [-0.05, 0) is 29.8 Å². The lowest BCUT2D eigenvalue weighted by Crippen LogP contribution is -2.28. The molecule has 0 aliphatic heterocycles. The summed E-state index contributed by atoms with van der Waals surface area (Å²) < 4.78 is 10.1. The Morgan fingerprint density at radius 1 is 1.08 bits per heavy atom. The van der Waals surface area contributed by atoms with Crippen molar-refractivity contribution in [1.82, 2.24) is 10.3 Å². The Hall–Kier alpha value is -3.28. The third-order valence-electron chi connectivity index (χ3n) is 3.73. The van der Waals surface area contributed by atoms with E-state index < -0.39 is 5.97 Å². The highest BCUT2D eigenvalue weighted by Gasteiger charge is 2.12. The Kier molecular flexibility index (Phi) is 4.99. The van der Waals surface area contributed by atoms with Crippen LogP contribution in [0.2, 0.25) is 0 Å². The van der Waals surface area contributed by atoms with E-state index in [-0.39, 0.29) is 12.5 Å². The number of carbonyl (C=O) groups excluding carboxylic acids is 2. The SMILES string of the molecule is COc1ccc(CNC(=O)COC(=O)c2cc3ccccc3[nH]2)cc1. The number of ether oxygens (including phenoxy) is 2. The first-order chi connectivity index (χ1) is 12.2. The summed E-state index contributed by atoms with van der Waals surface area (Å²) in [6, 6.07) is 16.6. The number of para-hydroxylation sites is 1. The average Bonchev–Trinajstić information content (AvgIpc) is 3.09. The van der Waals surface area contributed by atoms with Crippen LogP contribution in [0, 0.1) is 0 Å². The molecule has 0 aliphatic carbocycles. The second-order valence-corrected chi connectivity index (χ2v) is 5.47. The fourth-order valence-corrected chi connectivity index (χ4v) is 2.39. The van der Waals surface area contributed by atoms with Gasteiger partial charge in [-0.15, -0.1) is 0 Å². The van der Waals surface area contributed by atoms with E-state index in [9.17, 15) is 9.59 Å². The molecule has 0 saturated heterocycles. The third-order valence-corrected chi connectivity index (χ3v) is 3.73. The van der Waals surface area contributed by atoms with Gasteiger partial charge in [-0.2, -0.15) is 0 Å². The molecule has 6 heteroatoms. The summed E-state index contributed by atoms with van der Waals surface area (Å²) in [6.45, 7) is 0.0249. The molecule has 0 radical (unpaired) electrons. The average molecular weight is 338 g/mol. The van der Waals surface area contributed by atoms with E-state index >= 15 is 0 Å². The van der Waals surface area contributed by atoms with Gasteiger partial charge in [-0.25, -0.2) is 4.79 Å². The maximum absolute atomic E-state index is 12.0. The van der Waals surface area contributed by atoms with Crippen LogP contribution in [0.1, 0.15) is 16.1 Å². The molecule has 1 heterocycles. The van der Waals surface area contributed by atoms with E-state index in [2.05, 4.69) is 10.3 Å². The van der Waals surface area contributed by atoms with Crippen LogP contribution in [0.4, 0.5) is 0 Å². The lowest BCUT2D eigenvalue weighted by atomic mass is 10.2. The minimum Gasteiger partial charge on any atom is -0.497 e. The molecule has 0 saturated carbocycles.